The van der Waals surface area contributed by atoms with Gasteiger partial charge in [0.1, 0.15) is 0 Å². The number of nitrogens with zero attached hydrogens (tertiary/aromatic N) is 3. The normalized spacial score (nSPS) is 21.0. The van der Waals surface area contributed by atoms with Crippen molar-refractivity contribution in [2.75, 3.05) is 45.9 Å². The third-order valence-corrected chi connectivity index (χ3v) is 5.02. The molecule has 2 saturated heterocycles. The van der Waals surface area contributed by atoms with Crippen LogP contribution < -0.4 is 5.32 Å². The molecule has 2 amide bonds. The van der Waals surface area contributed by atoms with Gasteiger partial charge < -0.3 is 24.6 Å². The van der Waals surface area contributed by atoms with Gasteiger partial charge in [-0.05, 0) is 31.7 Å². The first-order valence-corrected chi connectivity index (χ1v) is 9.94. The summed E-state index contributed by atoms with van der Waals surface area (Å²) in [7, 11) is 0. The van der Waals surface area contributed by atoms with E-state index in [2.05, 4.69) is 25.2 Å². The summed E-state index contributed by atoms with van der Waals surface area (Å²) in [5.41, 5.74) is 0. The minimum absolute atomic E-state index is 0.0505. The molecule has 0 radical (unpaired) electrons. The summed E-state index contributed by atoms with van der Waals surface area (Å²) in [6, 6.07) is 2.16. The molecule has 2 atom stereocenters. The number of amides is 2. The predicted molar refractivity (Wildman–Crippen MR) is 100.0 cm³/mol. The van der Waals surface area contributed by atoms with E-state index in [0.717, 1.165) is 19.4 Å². The van der Waals surface area contributed by atoms with E-state index in [-0.39, 0.29) is 18.4 Å². The monoisotopic (exact) mass is 380 g/mol. The Morgan fingerprint density at radius 3 is 2.67 bits per heavy atom. The van der Waals surface area contributed by atoms with Crippen LogP contribution in [0.2, 0.25) is 0 Å². The number of morpholine rings is 1. The molecule has 2 fully saturated rings. The van der Waals surface area contributed by atoms with Crippen LogP contribution in [0.4, 0.5) is 4.79 Å². The summed E-state index contributed by atoms with van der Waals surface area (Å²) >= 11 is 0. The van der Waals surface area contributed by atoms with E-state index < -0.39 is 12.2 Å². The Hall–Kier alpha value is -1.85. The molecular formula is C19H32N4O4. The predicted octanol–water partition coefficient (Wildman–Crippen LogP) is 1.36. The molecule has 1 N–H and O–H groups in total. The summed E-state index contributed by atoms with van der Waals surface area (Å²) in [6.45, 7) is 8.04. The maximum atomic E-state index is 13.2. The molecule has 0 spiro atoms. The van der Waals surface area contributed by atoms with Crippen molar-refractivity contribution in [2.24, 2.45) is 5.92 Å². The molecule has 0 bridgehead atoms. The number of nitriles is 1. The quantitative estimate of drug-likeness (QED) is 0.683. The first kappa shape index (κ1) is 21.5. The Balaban J connectivity index is 2.07. The van der Waals surface area contributed by atoms with Gasteiger partial charge in [0.25, 0.3) is 5.91 Å². The van der Waals surface area contributed by atoms with Crippen LogP contribution in [0.15, 0.2) is 0 Å². The highest BCUT2D eigenvalue weighted by molar-refractivity contribution is 5.84. The molecule has 27 heavy (non-hydrogen) atoms. The zero-order valence-electron chi connectivity index (χ0n) is 16.5. The fraction of sp³-hybridized carbons (Fsp3) is 0.842. The summed E-state index contributed by atoms with van der Waals surface area (Å²) in [6.07, 6.45) is 1.16. The molecule has 8 nitrogen and oxygen atoms in total. The third-order valence-electron chi connectivity index (χ3n) is 5.02. The SMILES string of the molecule is CC(C)CCC(OC(=O)N1CCOCC1)C(=O)N(CCC#N)C1CCNC1. The molecule has 2 unspecified atom stereocenters. The fourth-order valence-electron chi connectivity index (χ4n) is 3.39. The van der Waals surface area contributed by atoms with Crippen molar-refractivity contribution >= 4 is 12.0 Å². The second kappa shape index (κ2) is 11.1. The zero-order valence-corrected chi connectivity index (χ0v) is 16.5. The van der Waals surface area contributed by atoms with E-state index in [1.165, 1.54) is 0 Å². The second-order valence-corrected chi connectivity index (χ2v) is 7.53. The van der Waals surface area contributed by atoms with E-state index in [1.807, 2.05) is 0 Å². The average molecular weight is 380 g/mol. The maximum absolute atomic E-state index is 13.2. The molecule has 152 valence electrons. The summed E-state index contributed by atoms with van der Waals surface area (Å²) in [4.78, 5) is 29.1. The molecule has 2 rings (SSSR count). The molecule has 8 heteroatoms. The molecule has 0 saturated carbocycles. The van der Waals surface area contributed by atoms with Crippen LogP contribution in [-0.4, -0.2) is 79.9 Å². The molecule has 0 aromatic carbocycles. The number of hydrogen-bond donors (Lipinski definition) is 1. The Morgan fingerprint density at radius 1 is 1.33 bits per heavy atom. The van der Waals surface area contributed by atoms with E-state index in [4.69, 9.17) is 14.7 Å². The molecular weight excluding hydrogens is 348 g/mol. The van der Waals surface area contributed by atoms with Crippen LogP contribution in [0.3, 0.4) is 0 Å². The van der Waals surface area contributed by atoms with Gasteiger partial charge in [0.05, 0.1) is 25.7 Å². The first-order valence-electron chi connectivity index (χ1n) is 9.94. The Morgan fingerprint density at radius 2 is 2.07 bits per heavy atom. The van der Waals surface area contributed by atoms with Gasteiger partial charge in [0.2, 0.25) is 0 Å². The van der Waals surface area contributed by atoms with Gasteiger partial charge >= 0.3 is 6.09 Å². The molecule has 0 aromatic rings. The Labute approximate surface area is 161 Å². The van der Waals surface area contributed by atoms with Gasteiger partial charge in [-0.3, -0.25) is 4.79 Å². The molecule has 0 aliphatic carbocycles. The number of hydrogen-bond acceptors (Lipinski definition) is 6. The molecule has 2 heterocycles. The van der Waals surface area contributed by atoms with Crippen molar-refractivity contribution in [2.45, 2.75) is 51.7 Å². The highest BCUT2D eigenvalue weighted by atomic mass is 16.6. The smallest absolute Gasteiger partial charge is 0.410 e. The van der Waals surface area contributed by atoms with E-state index >= 15 is 0 Å². The average Bonchev–Trinajstić information content (AvgIpc) is 3.20. The van der Waals surface area contributed by atoms with Crippen molar-refractivity contribution in [1.82, 2.24) is 15.1 Å². The lowest BCUT2D eigenvalue weighted by Gasteiger charge is -2.33. The highest BCUT2D eigenvalue weighted by Crippen LogP contribution is 2.18. The Kier molecular flexibility index (Phi) is 8.82. The topological polar surface area (TPSA) is 94.9 Å². The lowest BCUT2D eigenvalue weighted by atomic mass is 10.0. The summed E-state index contributed by atoms with van der Waals surface area (Å²) in [5.74, 6) is 0.226. The first-order chi connectivity index (χ1) is 13.0. The van der Waals surface area contributed by atoms with E-state index in [9.17, 15) is 9.59 Å². The van der Waals surface area contributed by atoms with Gasteiger partial charge in [-0.1, -0.05) is 13.8 Å². The van der Waals surface area contributed by atoms with Gasteiger partial charge in [-0.2, -0.15) is 5.26 Å². The number of nitrogens with one attached hydrogen (secondary N) is 1. The van der Waals surface area contributed by atoms with E-state index in [1.54, 1.807) is 9.80 Å². The second-order valence-electron chi connectivity index (χ2n) is 7.53. The van der Waals surface area contributed by atoms with Crippen LogP contribution in [0.1, 0.15) is 39.5 Å². The van der Waals surface area contributed by atoms with E-state index in [0.29, 0.717) is 51.7 Å². The van der Waals surface area contributed by atoms with Crippen LogP contribution >= 0.6 is 0 Å². The third kappa shape index (κ3) is 6.67. The van der Waals surface area contributed by atoms with Crippen LogP contribution in [0.5, 0.6) is 0 Å². The van der Waals surface area contributed by atoms with Crippen LogP contribution in [0.25, 0.3) is 0 Å². The van der Waals surface area contributed by atoms with Gasteiger partial charge in [0.15, 0.2) is 6.10 Å². The number of carbonyl (C=O) groups excluding carboxylic acids is 2. The van der Waals surface area contributed by atoms with Gasteiger partial charge in [-0.15, -0.1) is 0 Å². The van der Waals surface area contributed by atoms with Gasteiger partial charge in [-0.25, -0.2) is 4.79 Å². The number of rotatable bonds is 8. The largest absolute Gasteiger partial charge is 0.436 e. The number of carbonyl (C=O) groups is 2. The molecule has 2 aliphatic heterocycles. The fourth-order valence-corrected chi connectivity index (χ4v) is 3.39. The van der Waals surface area contributed by atoms with Crippen molar-refractivity contribution in [3.8, 4) is 6.07 Å². The lowest BCUT2D eigenvalue weighted by Crippen LogP contribution is -2.50. The van der Waals surface area contributed by atoms with Crippen molar-refractivity contribution in [3.63, 3.8) is 0 Å². The van der Waals surface area contributed by atoms with Crippen LogP contribution in [-0.2, 0) is 14.3 Å². The minimum atomic E-state index is -0.804. The van der Waals surface area contributed by atoms with Gasteiger partial charge in [0, 0.05) is 32.2 Å². The van der Waals surface area contributed by atoms with Crippen LogP contribution in [0, 0.1) is 17.2 Å². The standard InChI is InChI=1S/C19H32N4O4/c1-15(2)4-5-17(27-19(25)22-10-12-26-13-11-22)18(24)23(9-3-7-20)16-6-8-21-14-16/h15-17,21H,3-6,8-14H2,1-2H3. The highest BCUT2D eigenvalue weighted by Gasteiger charge is 2.34. The maximum Gasteiger partial charge on any atom is 0.410 e. The lowest BCUT2D eigenvalue weighted by molar-refractivity contribution is -0.143. The van der Waals surface area contributed by atoms with Crippen molar-refractivity contribution in [1.29, 1.82) is 5.26 Å². The summed E-state index contributed by atoms with van der Waals surface area (Å²) in [5, 5.41) is 12.2. The van der Waals surface area contributed by atoms with Crippen molar-refractivity contribution in [3.05, 3.63) is 0 Å². The van der Waals surface area contributed by atoms with Crippen molar-refractivity contribution < 1.29 is 19.1 Å². The molecule has 2 aliphatic rings. The number of ether oxygens (including phenoxy) is 2. The zero-order chi connectivity index (χ0) is 19.6. The Bertz CT molecular complexity index is 522. The molecule has 0 aromatic heterocycles. The summed E-state index contributed by atoms with van der Waals surface area (Å²) < 4.78 is 10.9. The minimum Gasteiger partial charge on any atom is -0.436 e.